The van der Waals surface area contributed by atoms with Crippen LogP contribution in [0.2, 0.25) is 0 Å². The lowest BCUT2D eigenvalue weighted by Crippen LogP contribution is -2.26. The van der Waals surface area contributed by atoms with Crippen LogP contribution in [0.25, 0.3) is 0 Å². The standard InChI is InChI=1S/C23H20F4N6O/c1-15-9-30-32(11-15)12-16-4-6-17(7-5-16)13-33-14-18(21(31-33)23(25,26)27)22(34)29-10-20-19(24)3-2-8-28-20/h2-9,11,14H,10,12-13H2,1H3,(H,29,34). The Bertz CT molecular complexity index is 1290. The Hall–Kier alpha value is -4.02. The minimum Gasteiger partial charge on any atom is -0.346 e. The first-order valence-electron chi connectivity index (χ1n) is 10.3. The molecule has 0 unspecified atom stereocenters. The smallest absolute Gasteiger partial charge is 0.346 e. The number of carbonyl (C=O) groups excluding carboxylic acids is 1. The number of pyridine rings is 1. The van der Waals surface area contributed by atoms with Gasteiger partial charge in [-0.2, -0.15) is 23.4 Å². The normalized spacial score (nSPS) is 11.6. The van der Waals surface area contributed by atoms with Gasteiger partial charge in [-0.25, -0.2) is 4.39 Å². The summed E-state index contributed by atoms with van der Waals surface area (Å²) in [6, 6.07) is 9.80. The van der Waals surface area contributed by atoms with E-state index in [2.05, 4.69) is 20.5 Å². The zero-order valence-corrected chi connectivity index (χ0v) is 18.1. The lowest BCUT2D eigenvalue weighted by atomic mass is 10.1. The molecule has 3 aromatic heterocycles. The Morgan fingerprint density at radius 1 is 1.03 bits per heavy atom. The molecule has 0 aliphatic carbocycles. The molecular weight excluding hydrogens is 452 g/mol. The van der Waals surface area contributed by atoms with E-state index < -0.39 is 29.2 Å². The molecule has 4 aromatic rings. The van der Waals surface area contributed by atoms with E-state index in [1.807, 2.05) is 25.3 Å². The summed E-state index contributed by atoms with van der Waals surface area (Å²) in [5.41, 5.74) is 0.693. The van der Waals surface area contributed by atoms with E-state index in [9.17, 15) is 22.4 Å². The van der Waals surface area contributed by atoms with Gasteiger partial charge in [-0.3, -0.25) is 19.1 Å². The van der Waals surface area contributed by atoms with Crippen molar-refractivity contribution >= 4 is 5.91 Å². The van der Waals surface area contributed by atoms with Crippen LogP contribution in [0.1, 0.15) is 38.4 Å². The number of benzene rings is 1. The fourth-order valence-corrected chi connectivity index (χ4v) is 3.36. The molecule has 1 aromatic carbocycles. The Labute approximate surface area is 192 Å². The van der Waals surface area contributed by atoms with Crippen molar-refractivity contribution in [2.24, 2.45) is 0 Å². The van der Waals surface area contributed by atoms with Crippen molar-refractivity contribution in [2.75, 3.05) is 0 Å². The molecule has 176 valence electrons. The van der Waals surface area contributed by atoms with Crippen LogP contribution < -0.4 is 5.32 Å². The molecule has 34 heavy (non-hydrogen) atoms. The highest BCUT2D eigenvalue weighted by atomic mass is 19.4. The Kier molecular flexibility index (Phi) is 6.44. The molecular formula is C23H20F4N6O. The van der Waals surface area contributed by atoms with Crippen molar-refractivity contribution in [1.82, 2.24) is 29.9 Å². The van der Waals surface area contributed by atoms with Crippen LogP contribution in [0.15, 0.2) is 61.2 Å². The predicted molar refractivity (Wildman–Crippen MR) is 114 cm³/mol. The van der Waals surface area contributed by atoms with Gasteiger partial charge in [0.2, 0.25) is 0 Å². The zero-order valence-electron chi connectivity index (χ0n) is 18.1. The van der Waals surface area contributed by atoms with Gasteiger partial charge in [0.25, 0.3) is 5.91 Å². The van der Waals surface area contributed by atoms with Crippen LogP contribution in [0.4, 0.5) is 17.6 Å². The van der Waals surface area contributed by atoms with Crippen molar-refractivity contribution in [3.63, 3.8) is 0 Å². The van der Waals surface area contributed by atoms with Crippen molar-refractivity contribution in [3.8, 4) is 0 Å². The van der Waals surface area contributed by atoms with Crippen LogP contribution in [-0.2, 0) is 25.8 Å². The number of rotatable bonds is 7. The zero-order chi connectivity index (χ0) is 24.3. The van der Waals surface area contributed by atoms with E-state index in [1.165, 1.54) is 12.3 Å². The quantitative estimate of drug-likeness (QED) is 0.413. The minimum atomic E-state index is -4.83. The van der Waals surface area contributed by atoms with E-state index in [1.54, 1.807) is 23.0 Å². The van der Waals surface area contributed by atoms with Crippen molar-refractivity contribution in [1.29, 1.82) is 0 Å². The Balaban J connectivity index is 1.48. The molecule has 7 nitrogen and oxygen atoms in total. The summed E-state index contributed by atoms with van der Waals surface area (Å²) >= 11 is 0. The molecule has 1 amide bonds. The third kappa shape index (κ3) is 5.48. The highest BCUT2D eigenvalue weighted by Crippen LogP contribution is 2.31. The molecule has 3 heterocycles. The molecule has 0 atom stereocenters. The van der Waals surface area contributed by atoms with Crippen molar-refractivity contribution < 1.29 is 22.4 Å². The fourth-order valence-electron chi connectivity index (χ4n) is 3.36. The molecule has 4 rings (SSSR count). The lowest BCUT2D eigenvalue weighted by Gasteiger charge is -2.07. The highest BCUT2D eigenvalue weighted by molar-refractivity contribution is 5.95. The summed E-state index contributed by atoms with van der Waals surface area (Å²) in [7, 11) is 0. The van der Waals surface area contributed by atoms with Crippen LogP contribution in [0.5, 0.6) is 0 Å². The van der Waals surface area contributed by atoms with E-state index in [0.717, 1.165) is 28.1 Å². The first-order chi connectivity index (χ1) is 16.2. The van der Waals surface area contributed by atoms with Crippen LogP contribution in [-0.4, -0.2) is 30.5 Å². The summed E-state index contributed by atoms with van der Waals surface area (Å²) in [5.74, 6) is -1.69. The number of hydrogen-bond donors (Lipinski definition) is 1. The second kappa shape index (κ2) is 9.46. The number of halogens is 4. The summed E-state index contributed by atoms with van der Waals surface area (Å²) in [4.78, 5) is 16.2. The Morgan fingerprint density at radius 3 is 2.29 bits per heavy atom. The van der Waals surface area contributed by atoms with Gasteiger partial charge >= 0.3 is 6.18 Å². The first-order valence-corrected chi connectivity index (χ1v) is 10.3. The average molecular weight is 472 g/mol. The van der Waals surface area contributed by atoms with Gasteiger partial charge in [0.15, 0.2) is 5.69 Å². The maximum absolute atomic E-state index is 13.7. The van der Waals surface area contributed by atoms with Crippen LogP contribution >= 0.6 is 0 Å². The molecule has 0 spiro atoms. The largest absolute Gasteiger partial charge is 0.435 e. The second-order valence-corrected chi connectivity index (χ2v) is 7.73. The number of aryl methyl sites for hydroxylation is 1. The van der Waals surface area contributed by atoms with E-state index >= 15 is 0 Å². The van der Waals surface area contributed by atoms with Gasteiger partial charge in [0, 0.05) is 18.6 Å². The average Bonchev–Trinajstić information content (AvgIpc) is 3.40. The summed E-state index contributed by atoms with van der Waals surface area (Å²) in [6.45, 7) is 2.18. The van der Waals surface area contributed by atoms with Gasteiger partial charge in [0.1, 0.15) is 5.82 Å². The highest BCUT2D eigenvalue weighted by Gasteiger charge is 2.39. The third-order valence-corrected chi connectivity index (χ3v) is 5.00. The molecule has 11 heteroatoms. The fraction of sp³-hybridized carbons (Fsp3) is 0.217. The molecule has 1 N–H and O–H groups in total. The number of nitrogens with one attached hydrogen (secondary N) is 1. The number of aromatic nitrogens is 5. The summed E-state index contributed by atoms with van der Waals surface area (Å²) < 4.78 is 57.1. The number of hydrogen-bond acceptors (Lipinski definition) is 4. The molecule has 0 bridgehead atoms. The summed E-state index contributed by atoms with van der Waals surface area (Å²) in [6.07, 6.45) is 1.19. The first kappa shape index (κ1) is 23.1. The topological polar surface area (TPSA) is 77.6 Å². The van der Waals surface area contributed by atoms with E-state index in [4.69, 9.17) is 0 Å². The number of carbonyl (C=O) groups is 1. The molecule has 0 fully saturated rings. The van der Waals surface area contributed by atoms with Gasteiger partial charge in [-0.15, -0.1) is 0 Å². The van der Waals surface area contributed by atoms with Crippen LogP contribution in [0, 0.1) is 12.7 Å². The predicted octanol–water partition coefficient (Wildman–Crippen LogP) is 3.97. The maximum atomic E-state index is 13.7. The van der Waals surface area contributed by atoms with E-state index in [-0.39, 0.29) is 18.8 Å². The lowest BCUT2D eigenvalue weighted by molar-refractivity contribution is -0.141. The van der Waals surface area contributed by atoms with Gasteiger partial charge in [0.05, 0.1) is 37.1 Å². The Morgan fingerprint density at radius 2 is 1.71 bits per heavy atom. The third-order valence-electron chi connectivity index (χ3n) is 5.00. The van der Waals surface area contributed by atoms with Gasteiger partial charge < -0.3 is 5.32 Å². The molecule has 0 saturated carbocycles. The summed E-state index contributed by atoms with van der Waals surface area (Å²) in [5, 5.41) is 10.1. The molecule has 0 aliphatic rings. The molecule has 0 aliphatic heterocycles. The second-order valence-electron chi connectivity index (χ2n) is 7.73. The molecule has 0 saturated heterocycles. The van der Waals surface area contributed by atoms with Crippen molar-refractivity contribution in [3.05, 3.63) is 101 Å². The molecule has 0 radical (unpaired) electrons. The van der Waals surface area contributed by atoms with Crippen molar-refractivity contribution in [2.45, 2.75) is 32.7 Å². The minimum absolute atomic E-state index is 0.0341. The monoisotopic (exact) mass is 472 g/mol. The van der Waals surface area contributed by atoms with Crippen LogP contribution in [0.3, 0.4) is 0 Å². The SMILES string of the molecule is Cc1cnn(Cc2ccc(Cn3cc(C(=O)NCc4ncccc4F)c(C(F)(F)F)n3)cc2)c1. The van der Waals surface area contributed by atoms with Gasteiger partial charge in [-0.05, 0) is 35.7 Å². The van der Waals surface area contributed by atoms with E-state index in [0.29, 0.717) is 12.1 Å². The number of amides is 1. The number of nitrogens with zero attached hydrogens (tertiary/aromatic N) is 5. The van der Waals surface area contributed by atoms with Gasteiger partial charge in [-0.1, -0.05) is 24.3 Å². The maximum Gasteiger partial charge on any atom is 0.435 e. The number of alkyl halides is 3.